The highest BCUT2D eigenvalue weighted by atomic mass is 16.5. The van der Waals surface area contributed by atoms with E-state index >= 15 is 0 Å². The highest BCUT2D eigenvalue weighted by molar-refractivity contribution is 5.52. The van der Waals surface area contributed by atoms with Gasteiger partial charge in [0.1, 0.15) is 0 Å². The molecular formula is C29H36O. The monoisotopic (exact) mass is 400 g/mol. The average Bonchev–Trinajstić information content (AvgIpc) is 2.82. The lowest BCUT2D eigenvalue weighted by Crippen LogP contribution is -2.43. The predicted octanol–water partition coefficient (Wildman–Crippen LogP) is 7.79. The summed E-state index contributed by atoms with van der Waals surface area (Å²) in [4.78, 5) is 0. The first kappa shape index (κ1) is 22.3. The molecular weight excluding hydrogens is 364 g/mol. The summed E-state index contributed by atoms with van der Waals surface area (Å²) in [5, 5.41) is 0. The highest BCUT2D eigenvalue weighted by Gasteiger charge is 2.43. The highest BCUT2D eigenvalue weighted by Crippen LogP contribution is 2.44. The number of benzene rings is 3. The Morgan fingerprint density at radius 3 is 1.40 bits per heavy atom. The zero-order chi connectivity index (χ0) is 21.1. The Bertz CT molecular complexity index is 729. The maximum Gasteiger partial charge on any atom is 0.0749 e. The van der Waals surface area contributed by atoms with Crippen molar-refractivity contribution in [2.24, 2.45) is 0 Å². The zero-order valence-electron chi connectivity index (χ0n) is 18.6. The molecule has 0 bridgehead atoms. The minimum atomic E-state index is -0.331. The van der Waals surface area contributed by atoms with Crippen LogP contribution in [0.2, 0.25) is 0 Å². The Hall–Kier alpha value is -2.38. The van der Waals surface area contributed by atoms with Crippen molar-refractivity contribution in [3.63, 3.8) is 0 Å². The van der Waals surface area contributed by atoms with Crippen LogP contribution >= 0.6 is 0 Å². The topological polar surface area (TPSA) is 9.23 Å². The van der Waals surface area contributed by atoms with Crippen LogP contribution in [0.3, 0.4) is 0 Å². The second-order valence-corrected chi connectivity index (χ2v) is 8.19. The van der Waals surface area contributed by atoms with Crippen LogP contribution in [0.1, 0.15) is 68.6 Å². The second-order valence-electron chi connectivity index (χ2n) is 8.19. The molecule has 3 aromatic carbocycles. The number of unbranched alkanes of at least 4 members (excludes halogenated alkanes) is 5. The normalized spacial score (nSPS) is 12.6. The third-order valence-corrected chi connectivity index (χ3v) is 6.27. The largest absolute Gasteiger partial charge is 0.380 e. The Kier molecular flexibility index (Phi) is 8.71. The summed E-state index contributed by atoms with van der Waals surface area (Å²) >= 11 is 0. The van der Waals surface area contributed by atoms with Crippen molar-refractivity contribution in [3.8, 4) is 0 Å². The van der Waals surface area contributed by atoms with E-state index in [1.807, 2.05) is 7.11 Å². The molecule has 30 heavy (non-hydrogen) atoms. The Balaban J connectivity index is 2.03. The quantitative estimate of drug-likeness (QED) is 0.223. The fourth-order valence-corrected chi connectivity index (χ4v) is 4.78. The molecule has 1 heteroatoms. The van der Waals surface area contributed by atoms with Crippen LogP contribution in [0.4, 0.5) is 0 Å². The van der Waals surface area contributed by atoms with Gasteiger partial charge in [-0.25, -0.2) is 0 Å². The van der Waals surface area contributed by atoms with Gasteiger partial charge in [0, 0.05) is 7.11 Å². The van der Waals surface area contributed by atoms with Gasteiger partial charge in [-0.15, -0.1) is 0 Å². The first-order valence-corrected chi connectivity index (χ1v) is 11.5. The van der Waals surface area contributed by atoms with E-state index in [0.717, 1.165) is 6.42 Å². The third kappa shape index (κ3) is 5.02. The van der Waals surface area contributed by atoms with E-state index in [-0.39, 0.29) is 11.5 Å². The standard InChI is InChI=1S/C29H36O/c1-3-4-5-6-7-17-24-28(30-2)29(25-18-11-8-12-19-25,26-20-13-9-14-21-26)27-22-15-10-16-23-27/h8-16,18-23,28H,3-7,17,24H2,1-2H3. The number of ether oxygens (including phenoxy) is 1. The first-order valence-electron chi connectivity index (χ1n) is 11.5. The molecule has 0 heterocycles. The molecule has 0 aliphatic heterocycles. The molecule has 3 rings (SSSR count). The Labute approximate surface area is 183 Å². The minimum Gasteiger partial charge on any atom is -0.380 e. The maximum absolute atomic E-state index is 6.31. The summed E-state index contributed by atoms with van der Waals surface area (Å²) < 4.78 is 6.31. The zero-order valence-corrected chi connectivity index (χ0v) is 18.6. The lowest BCUT2D eigenvalue weighted by molar-refractivity contribution is 0.0529. The van der Waals surface area contributed by atoms with E-state index in [4.69, 9.17) is 4.74 Å². The van der Waals surface area contributed by atoms with E-state index in [2.05, 4.69) is 97.9 Å². The number of hydrogen-bond donors (Lipinski definition) is 0. The molecule has 0 fully saturated rings. The molecule has 0 spiro atoms. The lowest BCUT2D eigenvalue weighted by Gasteiger charge is -2.42. The van der Waals surface area contributed by atoms with Crippen molar-refractivity contribution in [2.75, 3.05) is 7.11 Å². The Morgan fingerprint density at radius 1 is 0.600 bits per heavy atom. The summed E-state index contributed by atoms with van der Waals surface area (Å²) in [7, 11) is 1.88. The molecule has 0 aromatic heterocycles. The maximum atomic E-state index is 6.31. The summed E-state index contributed by atoms with van der Waals surface area (Å²) in [5.41, 5.74) is 3.54. The summed E-state index contributed by atoms with van der Waals surface area (Å²) in [6, 6.07) is 32.7. The van der Waals surface area contributed by atoms with E-state index < -0.39 is 0 Å². The summed E-state index contributed by atoms with van der Waals surface area (Å²) in [5.74, 6) is 0. The van der Waals surface area contributed by atoms with Gasteiger partial charge in [0.25, 0.3) is 0 Å². The van der Waals surface area contributed by atoms with Crippen LogP contribution in [0.5, 0.6) is 0 Å². The van der Waals surface area contributed by atoms with Gasteiger partial charge in [-0.1, -0.05) is 136 Å². The fourth-order valence-electron chi connectivity index (χ4n) is 4.78. The number of hydrogen-bond acceptors (Lipinski definition) is 1. The third-order valence-electron chi connectivity index (χ3n) is 6.27. The van der Waals surface area contributed by atoms with Crippen LogP contribution in [0.15, 0.2) is 91.0 Å². The van der Waals surface area contributed by atoms with Gasteiger partial charge < -0.3 is 4.74 Å². The van der Waals surface area contributed by atoms with E-state index in [0.29, 0.717) is 0 Å². The van der Waals surface area contributed by atoms with Gasteiger partial charge in [-0.05, 0) is 23.1 Å². The summed E-state index contributed by atoms with van der Waals surface area (Å²) in [6.07, 6.45) is 8.87. The van der Waals surface area contributed by atoms with E-state index in [1.54, 1.807) is 0 Å². The van der Waals surface area contributed by atoms with E-state index in [9.17, 15) is 0 Å². The minimum absolute atomic E-state index is 0.0656. The van der Waals surface area contributed by atoms with Crippen molar-refractivity contribution < 1.29 is 4.74 Å². The number of rotatable bonds is 12. The molecule has 0 N–H and O–H groups in total. The molecule has 0 amide bonds. The lowest BCUT2D eigenvalue weighted by atomic mass is 9.64. The van der Waals surface area contributed by atoms with Crippen molar-refractivity contribution in [1.82, 2.24) is 0 Å². The molecule has 1 atom stereocenters. The van der Waals surface area contributed by atoms with Gasteiger partial charge >= 0.3 is 0 Å². The first-order chi connectivity index (χ1) is 14.8. The average molecular weight is 401 g/mol. The molecule has 0 saturated carbocycles. The van der Waals surface area contributed by atoms with Crippen LogP contribution in [0.25, 0.3) is 0 Å². The van der Waals surface area contributed by atoms with Crippen molar-refractivity contribution >= 4 is 0 Å². The van der Waals surface area contributed by atoms with Gasteiger partial charge in [-0.3, -0.25) is 0 Å². The van der Waals surface area contributed by atoms with Gasteiger partial charge in [0.05, 0.1) is 11.5 Å². The van der Waals surface area contributed by atoms with Crippen LogP contribution in [-0.4, -0.2) is 13.2 Å². The van der Waals surface area contributed by atoms with E-state index in [1.165, 1.54) is 55.2 Å². The molecule has 0 aliphatic rings. The van der Waals surface area contributed by atoms with Crippen molar-refractivity contribution in [1.29, 1.82) is 0 Å². The van der Waals surface area contributed by atoms with Gasteiger partial charge in [0.2, 0.25) is 0 Å². The predicted molar refractivity (Wildman–Crippen MR) is 128 cm³/mol. The molecule has 158 valence electrons. The van der Waals surface area contributed by atoms with Crippen LogP contribution in [-0.2, 0) is 10.2 Å². The van der Waals surface area contributed by atoms with Crippen molar-refractivity contribution in [3.05, 3.63) is 108 Å². The summed E-state index contributed by atoms with van der Waals surface area (Å²) in [6.45, 7) is 2.27. The molecule has 3 aromatic rings. The van der Waals surface area contributed by atoms with Crippen molar-refractivity contribution in [2.45, 2.75) is 63.4 Å². The van der Waals surface area contributed by atoms with Crippen LogP contribution < -0.4 is 0 Å². The Morgan fingerprint density at radius 2 is 1.00 bits per heavy atom. The molecule has 0 radical (unpaired) electrons. The SMILES string of the molecule is CCCCCCCCC(OC)C(c1ccccc1)(c1ccccc1)c1ccccc1. The van der Waals surface area contributed by atoms with Gasteiger partial charge in [0.15, 0.2) is 0 Å². The molecule has 0 aliphatic carbocycles. The van der Waals surface area contributed by atoms with Crippen LogP contribution in [0, 0.1) is 0 Å². The molecule has 1 nitrogen and oxygen atoms in total. The molecule has 1 unspecified atom stereocenters. The van der Waals surface area contributed by atoms with Gasteiger partial charge in [-0.2, -0.15) is 0 Å². The number of methoxy groups -OCH3 is 1. The molecule has 0 saturated heterocycles. The second kappa shape index (κ2) is 11.7. The smallest absolute Gasteiger partial charge is 0.0749 e. The fraction of sp³-hybridized carbons (Fsp3) is 0.379.